The van der Waals surface area contributed by atoms with Crippen molar-refractivity contribution < 1.29 is 8.78 Å². The van der Waals surface area contributed by atoms with Gasteiger partial charge in [0.1, 0.15) is 12.0 Å². The molecular weight excluding hydrogens is 312 g/mol. The van der Waals surface area contributed by atoms with Crippen LogP contribution in [0.25, 0.3) is 0 Å². The molecule has 1 aromatic carbocycles. The molecule has 128 valence electrons. The van der Waals surface area contributed by atoms with Crippen LogP contribution in [0, 0.1) is 11.6 Å². The molecule has 0 radical (unpaired) electrons. The summed E-state index contributed by atoms with van der Waals surface area (Å²) in [5.41, 5.74) is 7.05. The van der Waals surface area contributed by atoms with Crippen LogP contribution in [0.1, 0.15) is 32.6 Å². The Hall–Kier alpha value is -2.44. The quantitative estimate of drug-likeness (QED) is 0.889. The van der Waals surface area contributed by atoms with E-state index in [4.69, 9.17) is 5.73 Å². The van der Waals surface area contributed by atoms with Crippen molar-refractivity contribution >= 4 is 23.0 Å². The summed E-state index contributed by atoms with van der Waals surface area (Å²) >= 11 is 0. The van der Waals surface area contributed by atoms with Gasteiger partial charge in [-0.05, 0) is 37.8 Å². The van der Waals surface area contributed by atoms with Gasteiger partial charge in [0.05, 0.1) is 0 Å². The van der Waals surface area contributed by atoms with Gasteiger partial charge >= 0.3 is 0 Å². The average molecular weight is 333 g/mol. The highest BCUT2D eigenvalue weighted by molar-refractivity contribution is 5.78. The Morgan fingerprint density at radius 3 is 2.83 bits per heavy atom. The number of nitrogens with one attached hydrogen (secondary N) is 1. The van der Waals surface area contributed by atoms with Gasteiger partial charge in [0, 0.05) is 24.3 Å². The Labute approximate surface area is 139 Å². The molecule has 24 heavy (non-hydrogen) atoms. The number of hydrogen-bond acceptors (Lipinski definition) is 5. The van der Waals surface area contributed by atoms with E-state index in [2.05, 4.69) is 27.1 Å². The largest absolute Gasteiger partial charge is 0.393 e. The fraction of sp³-hybridized carbons (Fsp3) is 0.412. The standard InChI is InChI=1S/C17H21F2N5/c1-2-12-5-3-4-8-24(12)17-15(20)16(21-10-22-17)23-11-6-7-13(18)14(19)9-11/h6-7,9-10,12H,2-5,8,20H2,1H3,(H,21,22,23). The van der Waals surface area contributed by atoms with E-state index >= 15 is 0 Å². The molecule has 7 heteroatoms. The van der Waals surface area contributed by atoms with Crippen LogP contribution in [0.2, 0.25) is 0 Å². The molecule has 2 heterocycles. The molecule has 5 nitrogen and oxygen atoms in total. The summed E-state index contributed by atoms with van der Waals surface area (Å²) in [7, 11) is 0. The highest BCUT2D eigenvalue weighted by Crippen LogP contribution is 2.33. The van der Waals surface area contributed by atoms with Crippen molar-refractivity contribution in [2.45, 2.75) is 38.6 Å². The summed E-state index contributed by atoms with van der Waals surface area (Å²) in [4.78, 5) is 10.7. The minimum Gasteiger partial charge on any atom is -0.393 e. The molecule has 0 saturated carbocycles. The van der Waals surface area contributed by atoms with Gasteiger partial charge in [-0.3, -0.25) is 0 Å². The van der Waals surface area contributed by atoms with Crippen LogP contribution >= 0.6 is 0 Å². The highest BCUT2D eigenvalue weighted by Gasteiger charge is 2.25. The first-order chi connectivity index (χ1) is 11.6. The fourth-order valence-corrected chi connectivity index (χ4v) is 3.13. The van der Waals surface area contributed by atoms with Crippen molar-refractivity contribution in [2.75, 3.05) is 22.5 Å². The van der Waals surface area contributed by atoms with Crippen molar-refractivity contribution in [1.82, 2.24) is 9.97 Å². The molecule has 0 amide bonds. The third-order valence-electron chi connectivity index (χ3n) is 4.42. The first-order valence-electron chi connectivity index (χ1n) is 8.19. The average Bonchev–Trinajstić information content (AvgIpc) is 2.60. The summed E-state index contributed by atoms with van der Waals surface area (Å²) in [6, 6.07) is 3.99. The first kappa shape index (κ1) is 16.4. The Morgan fingerprint density at radius 1 is 1.25 bits per heavy atom. The second kappa shape index (κ2) is 6.98. The maximum atomic E-state index is 13.4. The van der Waals surface area contributed by atoms with Crippen LogP contribution < -0.4 is 16.0 Å². The number of nitrogen functional groups attached to an aromatic ring is 1. The van der Waals surface area contributed by atoms with Gasteiger partial charge in [0.2, 0.25) is 0 Å². The third-order valence-corrected chi connectivity index (χ3v) is 4.42. The number of rotatable bonds is 4. The lowest BCUT2D eigenvalue weighted by Gasteiger charge is -2.36. The predicted molar refractivity (Wildman–Crippen MR) is 91.4 cm³/mol. The minimum atomic E-state index is -0.921. The fourth-order valence-electron chi connectivity index (χ4n) is 3.13. The van der Waals surface area contributed by atoms with Crippen LogP contribution in [-0.2, 0) is 0 Å². The maximum absolute atomic E-state index is 13.4. The first-order valence-corrected chi connectivity index (χ1v) is 8.19. The van der Waals surface area contributed by atoms with Crippen molar-refractivity contribution in [1.29, 1.82) is 0 Å². The molecule has 3 N–H and O–H groups in total. The van der Waals surface area contributed by atoms with Gasteiger partial charge in [-0.2, -0.15) is 0 Å². The smallest absolute Gasteiger partial charge is 0.160 e. The van der Waals surface area contributed by atoms with Crippen LogP contribution in [-0.4, -0.2) is 22.6 Å². The number of hydrogen-bond donors (Lipinski definition) is 2. The van der Waals surface area contributed by atoms with Gasteiger partial charge in [0.15, 0.2) is 23.3 Å². The highest BCUT2D eigenvalue weighted by atomic mass is 19.2. The minimum absolute atomic E-state index is 0.385. The zero-order chi connectivity index (χ0) is 17.1. The number of anilines is 4. The van der Waals surface area contributed by atoms with E-state index in [1.807, 2.05) is 0 Å². The zero-order valence-electron chi connectivity index (χ0n) is 13.6. The molecule has 1 atom stereocenters. The number of benzene rings is 1. The molecule has 1 unspecified atom stereocenters. The topological polar surface area (TPSA) is 67.1 Å². The van der Waals surface area contributed by atoms with Crippen molar-refractivity contribution in [3.8, 4) is 0 Å². The van der Waals surface area contributed by atoms with Gasteiger partial charge in [-0.25, -0.2) is 18.7 Å². The lowest BCUT2D eigenvalue weighted by Crippen LogP contribution is -2.40. The molecule has 0 spiro atoms. The molecular formula is C17H21F2N5. The number of halogens is 2. The van der Waals surface area contributed by atoms with Gasteiger partial charge < -0.3 is 16.0 Å². The van der Waals surface area contributed by atoms with Gasteiger partial charge in [0.25, 0.3) is 0 Å². The lowest BCUT2D eigenvalue weighted by atomic mass is 10.00. The molecule has 0 bridgehead atoms. The Morgan fingerprint density at radius 2 is 2.08 bits per heavy atom. The second-order valence-corrected chi connectivity index (χ2v) is 5.96. The SMILES string of the molecule is CCC1CCCCN1c1ncnc(Nc2ccc(F)c(F)c2)c1N. The van der Waals surface area contributed by atoms with Crippen molar-refractivity contribution in [3.63, 3.8) is 0 Å². The summed E-state index contributed by atoms with van der Waals surface area (Å²) in [5, 5.41) is 2.94. The van der Waals surface area contributed by atoms with Crippen LogP contribution in [0.4, 0.5) is 31.8 Å². The van der Waals surface area contributed by atoms with Crippen LogP contribution in [0.3, 0.4) is 0 Å². The molecule has 2 aromatic rings. The van der Waals surface area contributed by atoms with E-state index in [-0.39, 0.29) is 0 Å². The Kier molecular flexibility index (Phi) is 4.78. The Balaban J connectivity index is 1.88. The van der Waals surface area contributed by atoms with Crippen LogP contribution in [0.5, 0.6) is 0 Å². The zero-order valence-corrected chi connectivity index (χ0v) is 13.6. The van der Waals surface area contributed by atoms with Gasteiger partial charge in [-0.1, -0.05) is 6.92 Å². The van der Waals surface area contributed by atoms with Gasteiger partial charge in [-0.15, -0.1) is 0 Å². The number of nitrogens with two attached hydrogens (primary N) is 1. The molecule has 1 aliphatic rings. The van der Waals surface area contributed by atoms with E-state index in [0.717, 1.165) is 37.9 Å². The Bertz CT molecular complexity index is 722. The number of piperidine rings is 1. The summed E-state index contributed by atoms with van der Waals surface area (Å²) in [5.74, 6) is -0.723. The van der Waals surface area contributed by atoms with E-state index in [1.54, 1.807) is 0 Å². The van der Waals surface area contributed by atoms with E-state index in [1.165, 1.54) is 18.8 Å². The summed E-state index contributed by atoms with van der Waals surface area (Å²) < 4.78 is 26.4. The number of aromatic nitrogens is 2. The second-order valence-electron chi connectivity index (χ2n) is 5.96. The molecule has 1 fully saturated rings. The molecule has 1 aromatic heterocycles. The molecule has 3 rings (SSSR count). The van der Waals surface area contributed by atoms with Crippen LogP contribution in [0.15, 0.2) is 24.5 Å². The van der Waals surface area contributed by atoms with E-state index < -0.39 is 11.6 Å². The normalized spacial score (nSPS) is 17.8. The predicted octanol–water partition coefficient (Wildman–Crippen LogP) is 3.85. The maximum Gasteiger partial charge on any atom is 0.160 e. The third kappa shape index (κ3) is 3.25. The summed E-state index contributed by atoms with van der Waals surface area (Å²) in [6.07, 6.45) is 5.89. The molecule has 1 saturated heterocycles. The van der Waals surface area contributed by atoms with E-state index in [9.17, 15) is 8.78 Å². The van der Waals surface area contributed by atoms with E-state index in [0.29, 0.717) is 29.1 Å². The monoisotopic (exact) mass is 333 g/mol. The lowest BCUT2D eigenvalue weighted by molar-refractivity contribution is 0.447. The van der Waals surface area contributed by atoms with Crippen molar-refractivity contribution in [3.05, 3.63) is 36.2 Å². The number of nitrogens with zero attached hydrogens (tertiary/aromatic N) is 3. The molecule has 1 aliphatic heterocycles. The molecule has 0 aliphatic carbocycles. The summed E-state index contributed by atoms with van der Waals surface area (Å²) in [6.45, 7) is 3.06. The van der Waals surface area contributed by atoms with Crippen molar-refractivity contribution in [2.24, 2.45) is 0 Å².